The van der Waals surface area contributed by atoms with Crippen LogP contribution in [0.1, 0.15) is 19.4 Å². The van der Waals surface area contributed by atoms with Crippen molar-refractivity contribution in [1.29, 1.82) is 0 Å². The third kappa shape index (κ3) is 4.53. The van der Waals surface area contributed by atoms with E-state index >= 15 is 0 Å². The van der Waals surface area contributed by atoms with Crippen LogP contribution in [0.4, 0.5) is 0 Å². The minimum absolute atomic E-state index is 0.129. The molecular formula is C18H21NO2S. The van der Waals surface area contributed by atoms with Gasteiger partial charge in [0.1, 0.15) is 5.75 Å². The molecule has 22 heavy (non-hydrogen) atoms. The third-order valence-electron chi connectivity index (χ3n) is 3.41. The van der Waals surface area contributed by atoms with Gasteiger partial charge < -0.3 is 10.0 Å². The number of hydrogen-bond donors (Lipinski definition) is 1. The van der Waals surface area contributed by atoms with Crippen LogP contribution in [-0.2, 0) is 11.3 Å². The average Bonchev–Trinajstić information content (AvgIpc) is 2.55. The van der Waals surface area contributed by atoms with Crippen molar-refractivity contribution < 1.29 is 9.90 Å². The maximum atomic E-state index is 12.6. The Kier molecular flexibility index (Phi) is 5.90. The molecule has 0 heterocycles. The molecule has 0 aliphatic carbocycles. The Labute approximate surface area is 136 Å². The Balaban J connectivity index is 1.99. The molecule has 0 radical (unpaired) electrons. The molecule has 0 fully saturated rings. The second-order valence-electron chi connectivity index (χ2n) is 5.09. The molecule has 0 spiro atoms. The molecule has 2 rings (SSSR count). The highest BCUT2D eigenvalue weighted by molar-refractivity contribution is 8.00. The Morgan fingerprint density at radius 2 is 1.77 bits per heavy atom. The van der Waals surface area contributed by atoms with Crippen molar-refractivity contribution in [2.45, 2.75) is 30.5 Å². The summed E-state index contributed by atoms with van der Waals surface area (Å²) in [6.07, 6.45) is 0. The van der Waals surface area contributed by atoms with Gasteiger partial charge in [-0.15, -0.1) is 11.8 Å². The van der Waals surface area contributed by atoms with Gasteiger partial charge in [0, 0.05) is 18.0 Å². The van der Waals surface area contributed by atoms with Crippen molar-refractivity contribution in [3.8, 4) is 5.75 Å². The molecule has 0 aromatic heterocycles. The summed E-state index contributed by atoms with van der Waals surface area (Å²) in [5, 5.41) is 9.15. The highest BCUT2D eigenvalue weighted by atomic mass is 32.2. The van der Waals surface area contributed by atoms with Crippen LogP contribution >= 0.6 is 11.8 Å². The maximum absolute atomic E-state index is 12.6. The fourth-order valence-electron chi connectivity index (χ4n) is 2.19. The van der Waals surface area contributed by atoms with E-state index in [0.29, 0.717) is 13.1 Å². The summed E-state index contributed by atoms with van der Waals surface area (Å²) in [5.41, 5.74) is 1.14. The number of phenolic OH excluding ortho intramolecular Hbond substituents is 1. The van der Waals surface area contributed by atoms with E-state index in [1.54, 1.807) is 12.1 Å². The summed E-state index contributed by atoms with van der Waals surface area (Å²) in [5.74, 6) is 0.368. The van der Waals surface area contributed by atoms with E-state index in [1.807, 2.05) is 61.2 Å². The highest BCUT2D eigenvalue weighted by Gasteiger charge is 2.20. The van der Waals surface area contributed by atoms with Crippen molar-refractivity contribution in [1.82, 2.24) is 4.90 Å². The number of phenols is 1. The Morgan fingerprint density at radius 1 is 1.14 bits per heavy atom. The number of carbonyl (C=O) groups is 1. The quantitative estimate of drug-likeness (QED) is 0.821. The van der Waals surface area contributed by atoms with Crippen molar-refractivity contribution in [3.63, 3.8) is 0 Å². The third-order valence-corrected chi connectivity index (χ3v) is 4.51. The molecule has 4 heteroatoms. The van der Waals surface area contributed by atoms with Crippen LogP contribution in [0.5, 0.6) is 5.75 Å². The van der Waals surface area contributed by atoms with E-state index in [1.165, 1.54) is 11.8 Å². The van der Waals surface area contributed by atoms with Gasteiger partial charge in [-0.05, 0) is 43.7 Å². The molecule has 0 aliphatic rings. The standard InChI is InChI=1S/C18H21NO2S/c1-3-19(13-15-7-5-4-6-8-15)18(21)14(2)22-17-11-9-16(20)10-12-17/h4-12,14,20H,3,13H2,1-2H3. The minimum Gasteiger partial charge on any atom is -0.508 e. The number of rotatable bonds is 6. The molecule has 116 valence electrons. The minimum atomic E-state index is -0.159. The summed E-state index contributed by atoms with van der Waals surface area (Å²) in [7, 11) is 0. The van der Waals surface area contributed by atoms with Crippen LogP contribution in [0, 0.1) is 0 Å². The Morgan fingerprint density at radius 3 is 2.36 bits per heavy atom. The zero-order valence-electron chi connectivity index (χ0n) is 12.9. The number of hydrogen-bond acceptors (Lipinski definition) is 3. The van der Waals surface area contributed by atoms with Crippen LogP contribution in [0.2, 0.25) is 0 Å². The lowest BCUT2D eigenvalue weighted by Gasteiger charge is -2.24. The molecule has 0 saturated carbocycles. The second-order valence-corrected chi connectivity index (χ2v) is 6.51. The Bertz CT molecular complexity index is 598. The number of carbonyl (C=O) groups excluding carboxylic acids is 1. The van der Waals surface area contributed by atoms with Crippen molar-refractivity contribution in [2.24, 2.45) is 0 Å². The van der Waals surface area contributed by atoms with E-state index in [2.05, 4.69) is 0 Å². The van der Waals surface area contributed by atoms with E-state index in [4.69, 9.17) is 0 Å². The first-order valence-electron chi connectivity index (χ1n) is 7.38. The first-order chi connectivity index (χ1) is 10.6. The molecule has 1 N–H and O–H groups in total. The SMILES string of the molecule is CCN(Cc1ccccc1)C(=O)C(C)Sc1ccc(O)cc1. The maximum Gasteiger partial charge on any atom is 0.236 e. The fourth-order valence-corrected chi connectivity index (χ4v) is 3.14. The number of benzene rings is 2. The van der Waals surface area contributed by atoms with Crippen molar-refractivity contribution >= 4 is 17.7 Å². The fraction of sp³-hybridized carbons (Fsp3) is 0.278. The topological polar surface area (TPSA) is 40.5 Å². The van der Waals surface area contributed by atoms with Gasteiger partial charge in [0.15, 0.2) is 0 Å². The molecule has 0 saturated heterocycles. The lowest BCUT2D eigenvalue weighted by atomic mass is 10.2. The molecule has 1 amide bonds. The summed E-state index contributed by atoms with van der Waals surface area (Å²) in [4.78, 5) is 15.5. The zero-order chi connectivity index (χ0) is 15.9. The van der Waals surface area contributed by atoms with Gasteiger partial charge in [0.2, 0.25) is 5.91 Å². The molecule has 0 bridgehead atoms. The lowest BCUT2D eigenvalue weighted by molar-refractivity contribution is -0.130. The summed E-state index contributed by atoms with van der Waals surface area (Å²) in [6, 6.07) is 17.0. The van der Waals surface area contributed by atoms with Crippen molar-refractivity contribution in [2.75, 3.05) is 6.54 Å². The monoisotopic (exact) mass is 315 g/mol. The number of nitrogens with zero attached hydrogens (tertiary/aromatic N) is 1. The first-order valence-corrected chi connectivity index (χ1v) is 8.26. The highest BCUT2D eigenvalue weighted by Crippen LogP contribution is 2.26. The van der Waals surface area contributed by atoms with E-state index in [-0.39, 0.29) is 16.9 Å². The summed E-state index contributed by atoms with van der Waals surface area (Å²) in [6.45, 7) is 5.25. The molecule has 1 atom stereocenters. The van der Waals surface area contributed by atoms with Crippen molar-refractivity contribution in [3.05, 3.63) is 60.2 Å². The number of thioether (sulfide) groups is 1. The average molecular weight is 315 g/mol. The predicted octanol–water partition coefficient (Wildman–Crippen LogP) is 3.92. The largest absolute Gasteiger partial charge is 0.508 e. The normalized spacial score (nSPS) is 11.9. The van der Waals surface area contributed by atoms with Crippen LogP contribution < -0.4 is 0 Å². The van der Waals surface area contributed by atoms with Gasteiger partial charge in [0.25, 0.3) is 0 Å². The smallest absolute Gasteiger partial charge is 0.236 e. The second kappa shape index (κ2) is 7.90. The van der Waals surface area contributed by atoms with E-state index in [0.717, 1.165) is 10.5 Å². The van der Waals surface area contributed by atoms with E-state index < -0.39 is 0 Å². The van der Waals surface area contributed by atoms with Crippen LogP contribution in [0.15, 0.2) is 59.5 Å². The number of aromatic hydroxyl groups is 1. The predicted molar refractivity (Wildman–Crippen MR) is 91.0 cm³/mol. The van der Waals surface area contributed by atoms with Gasteiger partial charge in [-0.1, -0.05) is 30.3 Å². The summed E-state index contributed by atoms with van der Waals surface area (Å²) < 4.78 is 0. The van der Waals surface area contributed by atoms with Crippen LogP contribution in [0.3, 0.4) is 0 Å². The van der Waals surface area contributed by atoms with Gasteiger partial charge in [0.05, 0.1) is 5.25 Å². The van der Waals surface area contributed by atoms with E-state index in [9.17, 15) is 9.90 Å². The number of amides is 1. The molecule has 2 aromatic carbocycles. The molecule has 1 unspecified atom stereocenters. The van der Waals surface area contributed by atoms with Gasteiger partial charge >= 0.3 is 0 Å². The van der Waals surface area contributed by atoms with Crippen LogP contribution in [0.25, 0.3) is 0 Å². The molecular weight excluding hydrogens is 294 g/mol. The molecule has 0 aliphatic heterocycles. The molecule has 2 aromatic rings. The van der Waals surface area contributed by atoms with Gasteiger partial charge in [-0.25, -0.2) is 0 Å². The summed E-state index contributed by atoms with van der Waals surface area (Å²) >= 11 is 1.51. The van der Waals surface area contributed by atoms with Gasteiger partial charge in [-0.3, -0.25) is 4.79 Å². The van der Waals surface area contributed by atoms with Gasteiger partial charge in [-0.2, -0.15) is 0 Å². The Hall–Kier alpha value is -1.94. The molecule has 3 nitrogen and oxygen atoms in total. The first kappa shape index (κ1) is 16.4. The zero-order valence-corrected chi connectivity index (χ0v) is 13.7. The lowest BCUT2D eigenvalue weighted by Crippen LogP contribution is -2.35. The van der Waals surface area contributed by atoms with Crippen LogP contribution in [-0.4, -0.2) is 27.7 Å².